The van der Waals surface area contributed by atoms with Gasteiger partial charge in [-0.1, -0.05) is 0 Å². The maximum atomic E-state index is 11.7. The van der Waals surface area contributed by atoms with Gasteiger partial charge < -0.3 is 9.72 Å². The van der Waals surface area contributed by atoms with E-state index < -0.39 is 0 Å². The minimum Gasteiger partial charge on any atom is -0.496 e. The van der Waals surface area contributed by atoms with Crippen molar-refractivity contribution in [3.8, 4) is 17.1 Å². The average molecular weight is 256 g/mol. The van der Waals surface area contributed by atoms with E-state index in [0.717, 1.165) is 35.4 Å². The summed E-state index contributed by atoms with van der Waals surface area (Å²) in [5.41, 5.74) is 2.77. The van der Waals surface area contributed by atoms with Gasteiger partial charge in [-0.05, 0) is 43.5 Å². The van der Waals surface area contributed by atoms with Gasteiger partial charge in [0.15, 0.2) is 0 Å². The van der Waals surface area contributed by atoms with E-state index in [1.54, 1.807) is 13.2 Å². The smallest absolute Gasteiger partial charge is 0.251 e. The normalized spacial score (nSPS) is 14.4. The fourth-order valence-corrected chi connectivity index (χ4v) is 2.23. The van der Waals surface area contributed by atoms with Gasteiger partial charge in [-0.15, -0.1) is 0 Å². The van der Waals surface area contributed by atoms with Crippen LogP contribution in [0.1, 0.15) is 30.0 Å². The summed E-state index contributed by atoms with van der Waals surface area (Å²) in [4.78, 5) is 19.1. The average Bonchev–Trinajstić information content (AvgIpc) is 3.22. The lowest BCUT2D eigenvalue weighted by Gasteiger charge is -2.08. The number of ether oxygens (including phenoxy) is 1. The topological polar surface area (TPSA) is 55.0 Å². The molecule has 1 aliphatic carbocycles. The van der Waals surface area contributed by atoms with E-state index in [4.69, 9.17) is 4.74 Å². The van der Waals surface area contributed by atoms with Gasteiger partial charge >= 0.3 is 0 Å². The van der Waals surface area contributed by atoms with Crippen LogP contribution in [0.3, 0.4) is 0 Å². The Labute approximate surface area is 111 Å². The number of aryl methyl sites for hydroxylation is 1. The number of H-pyrrole nitrogens is 1. The molecule has 1 saturated carbocycles. The molecule has 1 heterocycles. The van der Waals surface area contributed by atoms with Crippen LogP contribution >= 0.6 is 0 Å². The molecule has 1 fully saturated rings. The Hall–Kier alpha value is -2.10. The maximum Gasteiger partial charge on any atom is 0.251 e. The molecule has 1 N–H and O–H groups in total. The molecule has 4 heteroatoms. The van der Waals surface area contributed by atoms with Gasteiger partial charge in [-0.25, -0.2) is 4.98 Å². The lowest BCUT2D eigenvalue weighted by atomic mass is 10.1. The third-order valence-electron chi connectivity index (χ3n) is 3.43. The molecule has 4 nitrogen and oxygen atoms in total. The van der Waals surface area contributed by atoms with Crippen molar-refractivity contribution in [1.82, 2.24) is 9.97 Å². The SMILES string of the molecule is COc1ccc(-c2nc(C3CC3)cc(=O)[nH]2)cc1C. The molecular formula is C15H16N2O2. The summed E-state index contributed by atoms with van der Waals surface area (Å²) < 4.78 is 5.24. The summed E-state index contributed by atoms with van der Waals surface area (Å²) in [6, 6.07) is 7.40. The lowest BCUT2D eigenvalue weighted by molar-refractivity contribution is 0.412. The number of aromatic nitrogens is 2. The van der Waals surface area contributed by atoms with Crippen molar-refractivity contribution < 1.29 is 4.74 Å². The summed E-state index contributed by atoms with van der Waals surface area (Å²) in [7, 11) is 1.65. The standard InChI is InChI=1S/C15H16N2O2/c1-9-7-11(5-6-13(9)19-2)15-16-12(10-3-4-10)8-14(18)17-15/h5-8,10H,3-4H2,1-2H3,(H,16,17,18). The van der Waals surface area contributed by atoms with Crippen LogP contribution in [0.15, 0.2) is 29.1 Å². The quantitative estimate of drug-likeness (QED) is 0.918. The number of hydrogen-bond acceptors (Lipinski definition) is 3. The predicted molar refractivity (Wildman–Crippen MR) is 73.6 cm³/mol. The molecule has 0 radical (unpaired) electrons. The summed E-state index contributed by atoms with van der Waals surface area (Å²) in [5.74, 6) is 1.95. The summed E-state index contributed by atoms with van der Waals surface area (Å²) in [5, 5.41) is 0. The number of nitrogens with zero attached hydrogens (tertiary/aromatic N) is 1. The number of methoxy groups -OCH3 is 1. The molecule has 0 amide bonds. The number of benzene rings is 1. The van der Waals surface area contributed by atoms with Crippen molar-refractivity contribution in [2.45, 2.75) is 25.7 Å². The molecule has 1 aromatic heterocycles. The Morgan fingerprint density at radius 1 is 1.32 bits per heavy atom. The zero-order valence-electron chi connectivity index (χ0n) is 11.1. The van der Waals surface area contributed by atoms with Gasteiger partial charge in [0.2, 0.25) is 0 Å². The molecule has 0 saturated heterocycles. The second kappa shape index (κ2) is 4.53. The monoisotopic (exact) mass is 256 g/mol. The van der Waals surface area contributed by atoms with Crippen LogP contribution in [-0.2, 0) is 0 Å². The van der Waals surface area contributed by atoms with Crippen LogP contribution in [0.5, 0.6) is 5.75 Å². The van der Waals surface area contributed by atoms with Crippen molar-refractivity contribution in [3.05, 3.63) is 45.9 Å². The molecule has 3 rings (SSSR count). The molecule has 0 aliphatic heterocycles. The fourth-order valence-electron chi connectivity index (χ4n) is 2.23. The van der Waals surface area contributed by atoms with Gasteiger partial charge in [0, 0.05) is 17.5 Å². The highest BCUT2D eigenvalue weighted by Crippen LogP contribution is 2.38. The zero-order chi connectivity index (χ0) is 13.4. The second-order valence-corrected chi connectivity index (χ2v) is 4.98. The molecule has 0 atom stereocenters. The van der Waals surface area contributed by atoms with E-state index in [-0.39, 0.29) is 5.56 Å². The Morgan fingerprint density at radius 3 is 2.74 bits per heavy atom. The molecule has 19 heavy (non-hydrogen) atoms. The van der Waals surface area contributed by atoms with Crippen LogP contribution < -0.4 is 10.3 Å². The maximum absolute atomic E-state index is 11.7. The molecule has 1 aromatic carbocycles. The lowest BCUT2D eigenvalue weighted by Crippen LogP contribution is -2.10. The number of rotatable bonds is 3. The largest absolute Gasteiger partial charge is 0.496 e. The van der Waals surface area contributed by atoms with E-state index in [9.17, 15) is 4.79 Å². The van der Waals surface area contributed by atoms with Gasteiger partial charge in [0.25, 0.3) is 5.56 Å². The predicted octanol–water partition coefficient (Wildman–Crippen LogP) is 2.63. The van der Waals surface area contributed by atoms with Crippen LogP contribution in [0, 0.1) is 6.92 Å². The van der Waals surface area contributed by atoms with E-state index in [1.165, 1.54) is 0 Å². The first-order valence-corrected chi connectivity index (χ1v) is 6.43. The molecule has 0 unspecified atom stereocenters. The fraction of sp³-hybridized carbons (Fsp3) is 0.333. The van der Waals surface area contributed by atoms with Crippen LogP contribution in [0.2, 0.25) is 0 Å². The van der Waals surface area contributed by atoms with Crippen molar-refractivity contribution >= 4 is 0 Å². The van der Waals surface area contributed by atoms with E-state index >= 15 is 0 Å². The van der Waals surface area contributed by atoms with Gasteiger partial charge in [-0.3, -0.25) is 4.79 Å². The van der Waals surface area contributed by atoms with E-state index in [2.05, 4.69) is 9.97 Å². The first-order valence-electron chi connectivity index (χ1n) is 6.43. The summed E-state index contributed by atoms with van der Waals surface area (Å²) >= 11 is 0. The van der Waals surface area contributed by atoms with E-state index in [1.807, 2.05) is 25.1 Å². The van der Waals surface area contributed by atoms with Crippen LogP contribution in [0.4, 0.5) is 0 Å². The number of hydrogen-bond donors (Lipinski definition) is 1. The summed E-state index contributed by atoms with van der Waals surface area (Å²) in [6.07, 6.45) is 2.27. The summed E-state index contributed by atoms with van der Waals surface area (Å²) in [6.45, 7) is 1.98. The number of nitrogens with one attached hydrogen (secondary N) is 1. The molecular weight excluding hydrogens is 240 g/mol. The Kier molecular flexibility index (Phi) is 2.85. The Balaban J connectivity index is 2.06. The third-order valence-corrected chi connectivity index (χ3v) is 3.43. The molecule has 98 valence electrons. The van der Waals surface area contributed by atoms with Crippen LogP contribution in [0.25, 0.3) is 11.4 Å². The minimum absolute atomic E-state index is 0.0830. The van der Waals surface area contributed by atoms with E-state index in [0.29, 0.717) is 11.7 Å². The van der Waals surface area contributed by atoms with Crippen molar-refractivity contribution in [1.29, 1.82) is 0 Å². The van der Waals surface area contributed by atoms with Gasteiger partial charge in [-0.2, -0.15) is 0 Å². The van der Waals surface area contributed by atoms with Crippen molar-refractivity contribution in [2.75, 3.05) is 7.11 Å². The highest BCUT2D eigenvalue weighted by molar-refractivity contribution is 5.58. The first-order chi connectivity index (χ1) is 9.17. The highest BCUT2D eigenvalue weighted by atomic mass is 16.5. The van der Waals surface area contributed by atoms with Crippen LogP contribution in [-0.4, -0.2) is 17.1 Å². The first kappa shape index (κ1) is 12.0. The zero-order valence-corrected chi connectivity index (χ0v) is 11.1. The Morgan fingerprint density at radius 2 is 2.11 bits per heavy atom. The minimum atomic E-state index is -0.0830. The number of aromatic amines is 1. The molecule has 2 aromatic rings. The third kappa shape index (κ3) is 2.38. The van der Waals surface area contributed by atoms with Gasteiger partial charge in [0.1, 0.15) is 11.6 Å². The highest BCUT2D eigenvalue weighted by Gasteiger charge is 2.25. The molecule has 1 aliphatic rings. The molecule has 0 spiro atoms. The van der Waals surface area contributed by atoms with Crippen molar-refractivity contribution in [3.63, 3.8) is 0 Å². The molecule has 0 bridgehead atoms. The second-order valence-electron chi connectivity index (χ2n) is 4.98. The van der Waals surface area contributed by atoms with Gasteiger partial charge in [0.05, 0.1) is 12.8 Å². The Bertz CT molecular complexity index is 672. The van der Waals surface area contributed by atoms with Crippen molar-refractivity contribution in [2.24, 2.45) is 0 Å².